The van der Waals surface area contributed by atoms with E-state index < -0.39 is 4.92 Å². The maximum Gasteiger partial charge on any atom is 0.326 e. The van der Waals surface area contributed by atoms with Gasteiger partial charge in [-0.3, -0.25) is 14.9 Å². The highest BCUT2D eigenvalue weighted by Crippen LogP contribution is 2.30. The minimum absolute atomic E-state index is 0.0441. The monoisotopic (exact) mass is 363 g/mol. The molecule has 0 unspecified atom stereocenters. The Morgan fingerprint density at radius 2 is 1.85 bits per heavy atom. The van der Waals surface area contributed by atoms with Gasteiger partial charge in [-0.2, -0.15) is 0 Å². The van der Waals surface area contributed by atoms with Crippen LogP contribution in [0.4, 0.5) is 5.69 Å². The molecule has 4 aromatic rings. The van der Waals surface area contributed by atoms with Gasteiger partial charge < -0.3 is 13.7 Å². The molecule has 2 aromatic heterocycles. The molecule has 0 radical (unpaired) electrons. The summed E-state index contributed by atoms with van der Waals surface area (Å²) in [6.07, 6.45) is 1.93. The molecule has 0 saturated carbocycles. The molecule has 7 heteroatoms. The molecule has 4 rings (SSSR count). The Bertz CT molecular complexity index is 1170. The van der Waals surface area contributed by atoms with Crippen molar-refractivity contribution < 1.29 is 14.5 Å². The first kappa shape index (κ1) is 16.8. The Morgan fingerprint density at radius 3 is 2.59 bits per heavy atom. The van der Waals surface area contributed by atoms with Gasteiger partial charge in [-0.1, -0.05) is 24.3 Å². The number of nitro benzene ring substituents is 1. The molecule has 0 saturated heterocycles. The average Bonchev–Trinajstić information content (AvgIpc) is 3.22. The van der Waals surface area contributed by atoms with Crippen LogP contribution in [0.2, 0.25) is 0 Å². The van der Waals surface area contributed by atoms with E-state index >= 15 is 0 Å². The summed E-state index contributed by atoms with van der Waals surface area (Å²) in [4.78, 5) is 22.7. The van der Waals surface area contributed by atoms with E-state index in [0.29, 0.717) is 6.61 Å². The number of aromatic nitrogens is 2. The molecule has 0 fully saturated rings. The first-order valence-electron chi connectivity index (χ1n) is 8.58. The Labute approximate surface area is 154 Å². The average molecular weight is 363 g/mol. The summed E-state index contributed by atoms with van der Waals surface area (Å²) < 4.78 is 8.99. The van der Waals surface area contributed by atoms with Gasteiger partial charge in [0.15, 0.2) is 0 Å². The molecular weight excluding hydrogens is 346 g/mol. The van der Waals surface area contributed by atoms with Crippen molar-refractivity contribution in [2.24, 2.45) is 0 Å². The van der Waals surface area contributed by atoms with Crippen molar-refractivity contribution >= 4 is 28.3 Å². The molecule has 0 spiro atoms. The number of rotatable bonds is 5. The Morgan fingerprint density at radius 1 is 1.07 bits per heavy atom. The maximum atomic E-state index is 12.1. The highest BCUT2D eigenvalue weighted by Gasteiger charge is 2.16. The number of fused-ring (bicyclic) bond motifs is 3. The van der Waals surface area contributed by atoms with E-state index in [9.17, 15) is 14.9 Å². The van der Waals surface area contributed by atoms with E-state index in [1.165, 1.54) is 6.07 Å². The number of hydrogen-bond donors (Lipinski definition) is 0. The molecule has 27 heavy (non-hydrogen) atoms. The second-order valence-corrected chi connectivity index (χ2v) is 6.14. The van der Waals surface area contributed by atoms with Crippen molar-refractivity contribution in [3.8, 4) is 11.1 Å². The quantitative estimate of drug-likeness (QED) is 0.305. The van der Waals surface area contributed by atoms with Crippen LogP contribution in [-0.4, -0.2) is 26.5 Å². The summed E-state index contributed by atoms with van der Waals surface area (Å²) in [5, 5.41) is 11.1. The fourth-order valence-corrected chi connectivity index (χ4v) is 3.33. The fourth-order valence-electron chi connectivity index (χ4n) is 3.33. The van der Waals surface area contributed by atoms with E-state index in [1.807, 2.05) is 51.6 Å². The smallest absolute Gasteiger partial charge is 0.326 e. The number of carbonyl (C=O) groups excluding carboxylic acids is 1. The molecule has 0 aliphatic carbocycles. The lowest BCUT2D eigenvalue weighted by atomic mass is 10.1. The number of nitrogens with zero attached hydrogens (tertiary/aromatic N) is 3. The minimum atomic E-state index is -0.407. The van der Waals surface area contributed by atoms with Gasteiger partial charge in [0, 0.05) is 23.9 Å². The number of ether oxygens (including phenoxy) is 1. The van der Waals surface area contributed by atoms with Crippen LogP contribution in [0.15, 0.2) is 60.8 Å². The number of benzene rings is 2. The number of imidazole rings is 1. The third-order valence-electron chi connectivity index (χ3n) is 4.49. The normalized spacial score (nSPS) is 11.1. The number of hydrogen-bond acceptors (Lipinski definition) is 4. The number of carbonyl (C=O) groups is 1. The summed E-state index contributed by atoms with van der Waals surface area (Å²) in [6.45, 7) is 2.20. The third kappa shape index (κ3) is 2.93. The van der Waals surface area contributed by atoms with Gasteiger partial charge in [0.2, 0.25) is 0 Å². The molecule has 2 aromatic carbocycles. The zero-order valence-electron chi connectivity index (χ0n) is 14.7. The largest absolute Gasteiger partial charge is 0.465 e. The summed E-state index contributed by atoms with van der Waals surface area (Å²) in [5.74, 6) is -0.307. The van der Waals surface area contributed by atoms with Crippen LogP contribution in [0.1, 0.15) is 6.92 Å². The van der Waals surface area contributed by atoms with Crippen LogP contribution in [0.25, 0.3) is 27.8 Å². The Balaban J connectivity index is 1.88. The molecule has 136 valence electrons. The summed E-state index contributed by atoms with van der Waals surface area (Å²) in [7, 11) is 0. The van der Waals surface area contributed by atoms with E-state index in [4.69, 9.17) is 4.74 Å². The fraction of sp³-hybridized carbons (Fsp3) is 0.150. The predicted octanol–water partition coefficient (Wildman–Crippen LogP) is 4.03. The van der Waals surface area contributed by atoms with Crippen LogP contribution in [-0.2, 0) is 16.1 Å². The highest BCUT2D eigenvalue weighted by molar-refractivity contribution is 5.86. The van der Waals surface area contributed by atoms with Crippen LogP contribution in [0.3, 0.4) is 0 Å². The zero-order chi connectivity index (χ0) is 19.0. The lowest BCUT2D eigenvalue weighted by Gasteiger charge is -2.05. The molecule has 0 amide bonds. The van der Waals surface area contributed by atoms with Crippen molar-refractivity contribution in [1.29, 1.82) is 0 Å². The molecule has 2 heterocycles. The second-order valence-electron chi connectivity index (χ2n) is 6.14. The standard InChI is InChI=1S/C20H17N3O4/c1-2-27-20(24)13-22-18-9-4-3-8-17(18)21-12-15(11-19(21)22)14-6-5-7-16(10-14)23(25)26/h3-12H,2,13H2,1H3. The number of esters is 1. The van der Waals surface area contributed by atoms with Gasteiger partial charge in [-0.15, -0.1) is 0 Å². The van der Waals surface area contributed by atoms with Crippen molar-refractivity contribution in [2.75, 3.05) is 6.61 Å². The molecule has 0 bridgehead atoms. The SMILES string of the molecule is CCOC(=O)Cn1c2ccccc2n2cc(-c3cccc([N+](=O)[O-])c3)cc12. The summed E-state index contributed by atoms with van der Waals surface area (Å²) >= 11 is 0. The first-order chi connectivity index (χ1) is 13.1. The number of non-ortho nitro benzene ring substituents is 1. The van der Waals surface area contributed by atoms with Gasteiger partial charge in [0.1, 0.15) is 12.2 Å². The summed E-state index contributed by atoms with van der Waals surface area (Å²) in [6, 6.07) is 16.2. The highest BCUT2D eigenvalue weighted by atomic mass is 16.6. The Kier molecular flexibility index (Phi) is 4.12. The van der Waals surface area contributed by atoms with Crippen LogP contribution in [0, 0.1) is 10.1 Å². The predicted molar refractivity (Wildman–Crippen MR) is 102 cm³/mol. The van der Waals surface area contributed by atoms with Gasteiger partial charge in [0.05, 0.1) is 22.6 Å². The number of para-hydroxylation sites is 2. The Hall–Kier alpha value is -3.61. The van der Waals surface area contributed by atoms with E-state index in [1.54, 1.807) is 19.1 Å². The molecule has 0 aliphatic rings. The van der Waals surface area contributed by atoms with E-state index in [-0.39, 0.29) is 18.2 Å². The summed E-state index contributed by atoms with van der Waals surface area (Å²) in [5.41, 5.74) is 4.34. The molecular formula is C20H17N3O4. The van der Waals surface area contributed by atoms with Crippen molar-refractivity contribution in [3.05, 3.63) is 70.9 Å². The zero-order valence-corrected chi connectivity index (χ0v) is 14.7. The maximum absolute atomic E-state index is 12.1. The van der Waals surface area contributed by atoms with E-state index in [2.05, 4.69) is 0 Å². The number of nitro groups is 1. The van der Waals surface area contributed by atoms with Crippen molar-refractivity contribution in [1.82, 2.24) is 8.97 Å². The molecule has 7 nitrogen and oxygen atoms in total. The topological polar surface area (TPSA) is 78.8 Å². The lowest BCUT2D eigenvalue weighted by Crippen LogP contribution is -2.13. The van der Waals surface area contributed by atoms with Gasteiger partial charge in [-0.05, 0) is 30.7 Å². The lowest BCUT2D eigenvalue weighted by molar-refractivity contribution is -0.384. The van der Waals surface area contributed by atoms with Gasteiger partial charge >= 0.3 is 5.97 Å². The van der Waals surface area contributed by atoms with Crippen LogP contribution < -0.4 is 0 Å². The molecule has 0 atom stereocenters. The van der Waals surface area contributed by atoms with E-state index in [0.717, 1.165) is 27.8 Å². The van der Waals surface area contributed by atoms with Crippen LogP contribution in [0.5, 0.6) is 0 Å². The molecule has 0 aliphatic heterocycles. The first-order valence-corrected chi connectivity index (χ1v) is 8.58. The third-order valence-corrected chi connectivity index (χ3v) is 4.49. The van der Waals surface area contributed by atoms with Gasteiger partial charge in [-0.25, -0.2) is 0 Å². The van der Waals surface area contributed by atoms with Crippen LogP contribution >= 0.6 is 0 Å². The minimum Gasteiger partial charge on any atom is -0.465 e. The van der Waals surface area contributed by atoms with Crippen molar-refractivity contribution in [2.45, 2.75) is 13.5 Å². The second kappa shape index (κ2) is 6.60. The van der Waals surface area contributed by atoms with Gasteiger partial charge in [0.25, 0.3) is 5.69 Å². The van der Waals surface area contributed by atoms with Crippen molar-refractivity contribution in [3.63, 3.8) is 0 Å². The molecule has 0 N–H and O–H groups in total.